The van der Waals surface area contributed by atoms with Crippen molar-refractivity contribution in [2.75, 3.05) is 10.6 Å². The van der Waals surface area contributed by atoms with Crippen molar-refractivity contribution in [3.05, 3.63) is 48.3 Å². The lowest BCUT2D eigenvalue weighted by Gasteiger charge is -2.30. The zero-order valence-corrected chi connectivity index (χ0v) is 16.1. The van der Waals surface area contributed by atoms with Gasteiger partial charge in [-0.3, -0.25) is 4.79 Å². The monoisotopic (exact) mass is 411 g/mol. The van der Waals surface area contributed by atoms with Crippen LogP contribution in [0.5, 0.6) is 0 Å². The number of nitrogens with zero attached hydrogens (tertiary/aromatic N) is 5. The Kier molecular flexibility index (Phi) is 5.53. The minimum Gasteiger partial charge on any atom is -0.365 e. The molecule has 0 radical (unpaired) electrons. The molecule has 0 spiro atoms. The van der Waals surface area contributed by atoms with Crippen LogP contribution in [0.4, 0.5) is 21.7 Å². The molecule has 1 aliphatic carbocycles. The number of halogens is 1. The van der Waals surface area contributed by atoms with Crippen LogP contribution >= 0.6 is 0 Å². The Hall–Kier alpha value is -3.60. The van der Waals surface area contributed by atoms with Crippen molar-refractivity contribution in [1.82, 2.24) is 24.7 Å². The number of hydrogen-bond donors (Lipinski definition) is 4. The number of rotatable bonds is 6. The van der Waals surface area contributed by atoms with E-state index in [4.69, 9.17) is 11.5 Å². The SMILES string of the molecule is NC(=O)c1cc(F)c(N[C@@H]2CCCC[C@@H]2N)nc1Nc1cnc(-n2cccn2)nc1. The molecule has 1 saturated carbocycles. The predicted molar refractivity (Wildman–Crippen MR) is 109 cm³/mol. The van der Waals surface area contributed by atoms with Gasteiger partial charge < -0.3 is 22.1 Å². The summed E-state index contributed by atoms with van der Waals surface area (Å²) < 4.78 is 16.1. The fourth-order valence-corrected chi connectivity index (χ4v) is 3.42. The van der Waals surface area contributed by atoms with Gasteiger partial charge in [0.15, 0.2) is 11.6 Å². The summed E-state index contributed by atoms with van der Waals surface area (Å²) in [6.07, 6.45) is 10.1. The number of nitrogens with two attached hydrogens (primary N) is 2. The minimum absolute atomic E-state index is 0.0129. The van der Waals surface area contributed by atoms with E-state index in [0.717, 1.165) is 31.7 Å². The molecular formula is C19H22FN9O. The van der Waals surface area contributed by atoms with E-state index >= 15 is 0 Å². The summed E-state index contributed by atoms with van der Waals surface area (Å²) in [4.78, 5) is 24.5. The van der Waals surface area contributed by atoms with E-state index in [9.17, 15) is 9.18 Å². The molecule has 4 rings (SSSR count). The van der Waals surface area contributed by atoms with Crippen LogP contribution in [-0.2, 0) is 0 Å². The molecule has 30 heavy (non-hydrogen) atoms. The first kappa shape index (κ1) is 19.7. The Labute approximate surface area is 171 Å². The summed E-state index contributed by atoms with van der Waals surface area (Å²) >= 11 is 0. The molecule has 3 aromatic rings. The van der Waals surface area contributed by atoms with Gasteiger partial charge in [-0.05, 0) is 25.0 Å². The molecule has 11 heteroatoms. The Balaban J connectivity index is 1.60. The fraction of sp³-hybridized carbons (Fsp3) is 0.316. The highest BCUT2D eigenvalue weighted by Crippen LogP contribution is 2.26. The third kappa shape index (κ3) is 4.20. The molecule has 1 amide bonds. The van der Waals surface area contributed by atoms with E-state index in [0.29, 0.717) is 11.6 Å². The molecule has 0 saturated heterocycles. The highest BCUT2D eigenvalue weighted by molar-refractivity contribution is 5.98. The summed E-state index contributed by atoms with van der Waals surface area (Å²) in [5, 5.41) is 10.1. The zero-order valence-electron chi connectivity index (χ0n) is 16.1. The molecular weight excluding hydrogens is 389 g/mol. The van der Waals surface area contributed by atoms with Crippen LogP contribution in [0.1, 0.15) is 36.0 Å². The maximum Gasteiger partial charge on any atom is 0.252 e. The van der Waals surface area contributed by atoms with Gasteiger partial charge in [-0.2, -0.15) is 5.10 Å². The van der Waals surface area contributed by atoms with Crippen LogP contribution in [0.15, 0.2) is 36.9 Å². The quantitative estimate of drug-likeness (QED) is 0.479. The van der Waals surface area contributed by atoms with E-state index in [1.54, 1.807) is 18.5 Å². The normalized spacial score (nSPS) is 18.7. The standard InChI is InChI=1S/C19H22FN9O/c20-13-8-12(16(22)30)17(28-18(13)27-15-5-2-1-4-14(15)21)26-11-9-23-19(24-10-11)29-7-3-6-25-29/h3,6-10,14-15H,1-2,4-5,21H2,(H2,22,30)(H2,26,27,28)/t14-,15+/m0/s1. The zero-order chi connectivity index (χ0) is 21.1. The van der Waals surface area contributed by atoms with Crippen LogP contribution in [0.2, 0.25) is 0 Å². The predicted octanol–water partition coefficient (Wildman–Crippen LogP) is 1.72. The Morgan fingerprint density at radius 3 is 2.63 bits per heavy atom. The summed E-state index contributed by atoms with van der Waals surface area (Å²) in [6, 6.07) is 2.64. The molecule has 3 heterocycles. The molecule has 0 aromatic carbocycles. The van der Waals surface area contributed by atoms with Gasteiger partial charge in [-0.25, -0.2) is 24.0 Å². The average Bonchev–Trinajstić information content (AvgIpc) is 3.27. The van der Waals surface area contributed by atoms with Crippen molar-refractivity contribution in [3.63, 3.8) is 0 Å². The Bertz CT molecular complexity index is 1020. The highest BCUT2D eigenvalue weighted by atomic mass is 19.1. The van der Waals surface area contributed by atoms with E-state index in [1.807, 2.05) is 0 Å². The number of carbonyl (C=O) groups excluding carboxylic acids is 1. The largest absolute Gasteiger partial charge is 0.365 e. The molecule has 0 bridgehead atoms. The van der Waals surface area contributed by atoms with Gasteiger partial charge >= 0.3 is 0 Å². The molecule has 1 fully saturated rings. The number of aromatic nitrogens is 5. The number of nitrogens with one attached hydrogen (secondary N) is 2. The van der Waals surface area contributed by atoms with Gasteiger partial charge in [-0.1, -0.05) is 12.8 Å². The van der Waals surface area contributed by atoms with Gasteiger partial charge in [0, 0.05) is 24.5 Å². The topological polar surface area (TPSA) is 150 Å². The van der Waals surface area contributed by atoms with Crippen LogP contribution < -0.4 is 22.1 Å². The van der Waals surface area contributed by atoms with Crippen LogP contribution in [0, 0.1) is 5.82 Å². The highest BCUT2D eigenvalue weighted by Gasteiger charge is 2.24. The van der Waals surface area contributed by atoms with E-state index in [2.05, 4.69) is 30.7 Å². The molecule has 0 unspecified atom stereocenters. The number of carbonyl (C=O) groups is 1. The van der Waals surface area contributed by atoms with E-state index < -0.39 is 11.7 Å². The van der Waals surface area contributed by atoms with Gasteiger partial charge in [0.05, 0.1) is 23.6 Å². The second kappa shape index (κ2) is 8.41. The maximum absolute atomic E-state index is 14.6. The number of pyridine rings is 1. The second-order valence-electron chi connectivity index (χ2n) is 7.13. The summed E-state index contributed by atoms with van der Waals surface area (Å²) in [7, 11) is 0. The lowest BCUT2D eigenvalue weighted by atomic mass is 9.91. The van der Waals surface area contributed by atoms with Crippen LogP contribution in [0.25, 0.3) is 5.95 Å². The fourth-order valence-electron chi connectivity index (χ4n) is 3.42. The molecule has 10 nitrogen and oxygen atoms in total. The summed E-state index contributed by atoms with van der Waals surface area (Å²) in [5.74, 6) is -0.983. The number of hydrogen-bond acceptors (Lipinski definition) is 8. The molecule has 2 atom stereocenters. The Morgan fingerprint density at radius 2 is 1.97 bits per heavy atom. The number of primary amides is 1. The second-order valence-corrected chi connectivity index (χ2v) is 7.13. The third-order valence-electron chi connectivity index (χ3n) is 4.99. The van der Waals surface area contributed by atoms with Crippen molar-refractivity contribution in [3.8, 4) is 5.95 Å². The Morgan fingerprint density at radius 1 is 1.20 bits per heavy atom. The van der Waals surface area contributed by atoms with Gasteiger partial charge in [-0.15, -0.1) is 0 Å². The smallest absolute Gasteiger partial charge is 0.252 e. The van der Waals surface area contributed by atoms with Crippen molar-refractivity contribution < 1.29 is 9.18 Å². The molecule has 3 aromatic heterocycles. The number of amides is 1. The van der Waals surface area contributed by atoms with Crippen LogP contribution in [-0.4, -0.2) is 42.7 Å². The van der Waals surface area contributed by atoms with Crippen molar-refractivity contribution in [2.45, 2.75) is 37.8 Å². The molecule has 6 N–H and O–H groups in total. The molecule has 156 valence electrons. The van der Waals surface area contributed by atoms with Crippen molar-refractivity contribution in [2.24, 2.45) is 11.5 Å². The average molecular weight is 411 g/mol. The van der Waals surface area contributed by atoms with Crippen molar-refractivity contribution in [1.29, 1.82) is 0 Å². The van der Waals surface area contributed by atoms with Crippen LogP contribution in [0.3, 0.4) is 0 Å². The first-order valence-corrected chi connectivity index (χ1v) is 9.63. The minimum atomic E-state index is -0.807. The third-order valence-corrected chi connectivity index (χ3v) is 4.99. The van der Waals surface area contributed by atoms with E-state index in [1.165, 1.54) is 17.1 Å². The molecule has 1 aliphatic rings. The van der Waals surface area contributed by atoms with E-state index in [-0.39, 0.29) is 29.3 Å². The lowest BCUT2D eigenvalue weighted by molar-refractivity contribution is 0.100. The first-order valence-electron chi connectivity index (χ1n) is 9.63. The summed E-state index contributed by atoms with van der Waals surface area (Å²) in [5.41, 5.74) is 11.9. The molecule has 0 aliphatic heterocycles. The number of anilines is 3. The lowest BCUT2D eigenvalue weighted by Crippen LogP contribution is -2.43. The summed E-state index contributed by atoms with van der Waals surface area (Å²) in [6.45, 7) is 0. The van der Waals surface area contributed by atoms with Gasteiger partial charge in [0.25, 0.3) is 11.9 Å². The van der Waals surface area contributed by atoms with Crippen molar-refractivity contribution >= 4 is 23.2 Å². The maximum atomic E-state index is 14.6. The first-order chi connectivity index (χ1) is 14.5. The van der Waals surface area contributed by atoms with Gasteiger partial charge in [0.1, 0.15) is 5.82 Å². The van der Waals surface area contributed by atoms with Gasteiger partial charge in [0.2, 0.25) is 0 Å².